The van der Waals surface area contributed by atoms with Crippen LogP contribution in [-0.2, 0) is 4.79 Å². The predicted octanol–water partition coefficient (Wildman–Crippen LogP) is 4.88. The molecule has 3 N–H and O–H groups in total. The number of ether oxygens (including phenoxy) is 3. The van der Waals surface area contributed by atoms with Crippen LogP contribution in [0, 0.1) is 0 Å². The summed E-state index contributed by atoms with van der Waals surface area (Å²) in [6.45, 7) is -0.580. The fourth-order valence-corrected chi connectivity index (χ4v) is 2.49. The van der Waals surface area contributed by atoms with Gasteiger partial charge in [-0.15, -0.1) is 13.2 Å². The summed E-state index contributed by atoms with van der Waals surface area (Å²) in [5.41, 5.74) is 0.376. The number of aromatic nitrogens is 1. The lowest BCUT2D eigenvalue weighted by Gasteiger charge is -2.14. The maximum atomic E-state index is 12.3. The number of carboxylic acid groups (broad SMARTS) is 1. The predicted molar refractivity (Wildman–Crippen MR) is 110 cm³/mol. The summed E-state index contributed by atoms with van der Waals surface area (Å²) < 4.78 is 51.4. The number of hydrogen-bond donors (Lipinski definition) is 3. The monoisotopic (exact) mass is 463 g/mol. The van der Waals surface area contributed by atoms with Crippen molar-refractivity contribution >= 4 is 23.4 Å². The molecule has 33 heavy (non-hydrogen) atoms. The minimum absolute atomic E-state index is 0.00653. The summed E-state index contributed by atoms with van der Waals surface area (Å²) in [5.74, 6) is -1.28. The minimum Gasteiger partial charge on any atom is -0.479 e. The van der Waals surface area contributed by atoms with E-state index in [0.717, 1.165) is 12.1 Å². The van der Waals surface area contributed by atoms with Gasteiger partial charge in [-0.25, -0.2) is 14.6 Å². The zero-order chi connectivity index (χ0) is 23.8. The Kier molecular flexibility index (Phi) is 7.18. The highest BCUT2D eigenvalue weighted by Gasteiger charge is 2.31. The molecule has 172 valence electrons. The van der Waals surface area contributed by atoms with Crippen LogP contribution in [-0.4, -0.2) is 35.1 Å². The number of carboxylic acids is 1. The molecule has 0 aliphatic rings. The van der Waals surface area contributed by atoms with Crippen molar-refractivity contribution in [3.63, 3.8) is 0 Å². The average molecular weight is 463 g/mol. The van der Waals surface area contributed by atoms with Crippen LogP contribution in [0.2, 0.25) is 0 Å². The highest BCUT2D eigenvalue weighted by atomic mass is 19.4. The Hall–Kier alpha value is -4.48. The molecule has 2 amide bonds. The molecule has 3 rings (SSSR count). The summed E-state index contributed by atoms with van der Waals surface area (Å²) in [6.07, 6.45) is -3.40. The fourth-order valence-electron chi connectivity index (χ4n) is 2.49. The molecule has 9 nitrogen and oxygen atoms in total. The number of urea groups is 1. The molecule has 0 saturated heterocycles. The van der Waals surface area contributed by atoms with E-state index in [-0.39, 0.29) is 28.8 Å². The van der Waals surface area contributed by atoms with E-state index in [9.17, 15) is 22.8 Å². The van der Waals surface area contributed by atoms with Crippen LogP contribution in [0.3, 0.4) is 0 Å². The Bertz CT molecular complexity index is 1120. The third-order valence-electron chi connectivity index (χ3n) is 3.77. The topological polar surface area (TPSA) is 119 Å². The maximum absolute atomic E-state index is 12.3. The number of pyridine rings is 1. The molecule has 0 radical (unpaired) electrons. The molecule has 0 aliphatic carbocycles. The highest BCUT2D eigenvalue weighted by Crippen LogP contribution is 2.33. The summed E-state index contributed by atoms with van der Waals surface area (Å²) in [7, 11) is 0. The highest BCUT2D eigenvalue weighted by molar-refractivity contribution is 6.00. The molecule has 0 saturated carbocycles. The van der Waals surface area contributed by atoms with Crippen molar-refractivity contribution in [3.05, 3.63) is 66.9 Å². The summed E-state index contributed by atoms with van der Waals surface area (Å²) in [6, 6.07) is 13.2. The molecule has 0 spiro atoms. The van der Waals surface area contributed by atoms with Gasteiger partial charge in [0.2, 0.25) is 5.88 Å². The quantitative estimate of drug-likeness (QED) is 0.436. The smallest absolute Gasteiger partial charge is 0.479 e. The van der Waals surface area contributed by atoms with Crippen LogP contribution in [0.5, 0.6) is 23.1 Å². The first-order chi connectivity index (χ1) is 15.7. The largest absolute Gasteiger partial charge is 0.573 e. The van der Waals surface area contributed by atoms with Crippen molar-refractivity contribution in [3.8, 4) is 23.1 Å². The summed E-state index contributed by atoms with van der Waals surface area (Å²) in [5, 5.41) is 13.8. The van der Waals surface area contributed by atoms with Crippen LogP contribution >= 0.6 is 0 Å². The molecule has 0 atom stereocenters. The average Bonchev–Trinajstić information content (AvgIpc) is 2.75. The molecule has 2 aromatic carbocycles. The van der Waals surface area contributed by atoms with Gasteiger partial charge >= 0.3 is 18.4 Å². The second-order valence-electron chi connectivity index (χ2n) is 6.24. The van der Waals surface area contributed by atoms with Crippen LogP contribution in [0.1, 0.15) is 0 Å². The summed E-state index contributed by atoms with van der Waals surface area (Å²) in [4.78, 5) is 27.2. The van der Waals surface area contributed by atoms with Crippen molar-refractivity contribution in [1.82, 2.24) is 4.98 Å². The zero-order valence-corrected chi connectivity index (χ0v) is 16.6. The number of carbonyl (C=O) groups excluding carboxylic acids is 1. The number of alkyl halides is 3. The molecular formula is C21H16F3N3O6. The van der Waals surface area contributed by atoms with Crippen LogP contribution in [0.15, 0.2) is 66.9 Å². The second-order valence-corrected chi connectivity index (χ2v) is 6.24. The van der Waals surface area contributed by atoms with Gasteiger partial charge in [-0.1, -0.05) is 12.1 Å². The van der Waals surface area contributed by atoms with E-state index >= 15 is 0 Å². The molecule has 0 unspecified atom stereocenters. The lowest BCUT2D eigenvalue weighted by molar-refractivity contribution is -0.274. The van der Waals surface area contributed by atoms with E-state index in [1.807, 2.05) is 0 Å². The van der Waals surface area contributed by atoms with Crippen molar-refractivity contribution in [2.45, 2.75) is 6.36 Å². The van der Waals surface area contributed by atoms with Crippen LogP contribution < -0.4 is 24.8 Å². The van der Waals surface area contributed by atoms with Crippen LogP contribution in [0.4, 0.5) is 29.3 Å². The van der Waals surface area contributed by atoms with E-state index in [1.54, 1.807) is 18.2 Å². The van der Waals surface area contributed by atoms with Gasteiger partial charge in [0.25, 0.3) is 0 Å². The lowest BCUT2D eigenvalue weighted by Crippen LogP contribution is -2.20. The van der Waals surface area contributed by atoms with Crippen molar-refractivity contribution in [2.75, 3.05) is 17.2 Å². The van der Waals surface area contributed by atoms with E-state index in [0.29, 0.717) is 0 Å². The molecular weight excluding hydrogens is 447 g/mol. The SMILES string of the molecule is O=C(O)COc1ccccc1Oc1ncccc1NC(=O)Nc1ccc(OC(F)(F)F)cc1. The van der Waals surface area contributed by atoms with Gasteiger partial charge in [-0.2, -0.15) is 0 Å². The third kappa shape index (κ3) is 7.31. The first-order valence-corrected chi connectivity index (χ1v) is 9.20. The van der Waals surface area contributed by atoms with Gasteiger partial charge in [0.15, 0.2) is 18.1 Å². The molecule has 1 aromatic heterocycles. The Labute approximate surface area is 184 Å². The Morgan fingerprint density at radius 2 is 1.64 bits per heavy atom. The molecule has 1 heterocycles. The molecule has 3 aromatic rings. The molecule has 0 fully saturated rings. The normalized spacial score (nSPS) is 10.8. The lowest BCUT2D eigenvalue weighted by atomic mass is 10.3. The van der Waals surface area contributed by atoms with Crippen molar-refractivity contribution in [1.29, 1.82) is 0 Å². The van der Waals surface area contributed by atoms with Gasteiger partial charge in [-0.3, -0.25) is 0 Å². The Morgan fingerprint density at radius 3 is 2.30 bits per heavy atom. The number of carbonyl (C=O) groups is 2. The van der Waals surface area contributed by atoms with E-state index < -0.39 is 30.7 Å². The van der Waals surface area contributed by atoms with Gasteiger partial charge in [0, 0.05) is 11.9 Å². The van der Waals surface area contributed by atoms with Gasteiger partial charge in [0.1, 0.15) is 11.4 Å². The number of amides is 2. The summed E-state index contributed by atoms with van der Waals surface area (Å²) >= 11 is 0. The van der Waals surface area contributed by atoms with Gasteiger partial charge in [-0.05, 0) is 48.5 Å². The number of nitrogens with zero attached hydrogens (tertiary/aromatic N) is 1. The first-order valence-electron chi connectivity index (χ1n) is 9.20. The zero-order valence-electron chi connectivity index (χ0n) is 16.6. The minimum atomic E-state index is -4.82. The number of hydrogen-bond acceptors (Lipinski definition) is 6. The van der Waals surface area contributed by atoms with Crippen LogP contribution in [0.25, 0.3) is 0 Å². The number of nitrogens with one attached hydrogen (secondary N) is 2. The van der Waals surface area contributed by atoms with Gasteiger partial charge in [0.05, 0.1) is 0 Å². The molecule has 0 bridgehead atoms. The number of aliphatic carboxylic acids is 1. The maximum Gasteiger partial charge on any atom is 0.573 e. The number of halogens is 3. The Morgan fingerprint density at radius 1 is 0.939 bits per heavy atom. The van der Waals surface area contributed by atoms with E-state index in [2.05, 4.69) is 20.4 Å². The first kappa shape index (κ1) is 23.2. The number of anilines is 2. The van der Waals surface area contributed by atoms with Crippen molar-refractivity contribution < 1.29 is 42.1 Å². The second kappa shape index (κ2) is 10.2. The standard InChI is InChI=1S/C21H16F3N3O6/c22-21(23,24)33-14-9-7-13(8-10-14)26-20(30)27-15-4-3-11-25-19(15)32-17-6-2-1-5-16(17)31-12-18(28)29/h1-11H,12H2,(H,28,29)(H2,26,27,30). The number of benzene rings is 2. The number of para-hydroxylation sites is 2. The molecule has 12 heteroatoms. The third-order valence-corrected chi connectivity index (χ3v) is 3.77. The van der Waals surface area contributed by atoms with E-state index in [1.165, 1.54) is 36.5 Å². The molecule has 0 aliphatic heterocycles. The van der Waals surface area contributed by atoms with Gasteiger partial charge < -0.3 is 30.0 Å². The number of rotatable bonds is 8. The van der Waals surface area contributed by atoms with Crippen molar-refractivity contribution in [2.24, 2.45) is 0 Å². The van der Waals surface area contributed by atoms with E-state index in [4.69, 9.17) is 14.6 Å². The Balaban J connectivity index is 1.68. The fraction of sp³-hybridized carbons (Fsp3) is 0.0952.